The molecule has 1 aliphatic heterocycles. The summed E-state index contributed by atoms with van der Waals surface area (Å²) in [5.41, 5.74) is 5.82. The van der Waals surface area contributed by atoms with Crippen LogP contribution >= 0.6 is 11.3 Å². The van der Waals surface area contributed by atoms with Gasteiger partial charge in [0.1, 0.15) is 0 Å². The number of morpholine rings is 1. The van der Waals surface area contributed by atoms with Crippen LogP contribution < -0.4 is 4.90 Å². The molecule has 3 aromatic rings. The number of aromatic nitrogens is 2. The Kier molecular flexibility index (Phi) is 4.56. The molecule has 2 aliphatic rings. The second-order valence-electron chi connectivity index (χ2n) is 8.70. The highest BCUT2D eigenvalue weighted by molar-refractivity contribution is 7.19. The van der Waals surface area contributed by atoms with Crippen molar-refractivity contribution < 1.29 is 9.53 Å². The molecule has 1 fully saturated rings. The van der Waals surface area contributed by atoms with Crippen molar-refractivity contribution >= 4 is 22.1 Å². The molecule has 3 heterocycles. The van der Waals surface area contributed by atoms with Crippen LogP contribution in [0.5, 0.6) is 0 Å². The zero-order chi connectivity index (χ0) is 20.0. The first-order chi connectivity index (χ1) is 14.0. The lowest BCUT2D eigenvalue weighted by Gasteiger charge is -2.30. The number of H-pyrrole nitrogens is 1. The average Bonchev–Trinajstić information content (AvgIpc) is 3.36. The van der Waals surface area contributed by atoms with Gasteiger partial charge in [0.05, 0.1) is 29.3 Å². The standard InChI is InChI=1S/C23H25N3O2S/c1-23(2)11-18-20(16-5-3-4-15(10-16)17-13-24-25-14-17)22(26-6-8-28-9-7-26)29-21(18)19(27)12-23/h3-5,10,13-14H,6-9,11-12H2,1-2H3,(H,24,25). The number of thiophene rings is 1. The lowest BCUT2D eigenvalue weighted by Crippen LogP contribution is -2.36. The van der Waals surface area contributed by atoms with Crippen LogP contribution in [0.3, 0.4) is 0 Å². The molecule has 6 heteroatoms. The largest absolute Gasteiger partial charge is 0.378 e. The van der Waals surface area contributed by atoms with Crippen molar-refractivity contribution in [2.45, 2.75) is 26.7 Å². The van der Waals surface area contributed by atoms with Gasteiger partial charge in [-0.2, -0.15) is 5.10 Å². The zero-order valence-corrected chi connectivity index (χ0v) is 17.6. The molecule has 0 bridgehead atoms. The van der Waals surface area contributed by atoms with E-state index in [0.717, 1.165) is 48.7 Å². The summed E-state index contributed by atoms with van der Waals surface area (Å²) in [5.74, 6) is 0.285. The number of hydrogen-bond donors (Lipinski definition) is 1. The van der Waals surface area contributed by atoms with Gasteiger partial charge < -0.3 is 9.64 Å². The van der Waals surface area contributed by atoms with Gasteiger partial charge >= 0.3 is 0 Å². The van der Waals surface area contributed by atoms with Crippen LogP contribution in [0.2, 0.25) is 0 Å². The highest BCUT2D eigenvalue weighted by atomic mass is 32.1. The van der Waals surface area contributed by atoms with Gasteiger partial charge in [-0.1, -0.05) is 32.0 Å². The van der Waals surface area contributed by atoms with Gasteiger partial charge in [0, 0.05) is 36.8 Å². The fourth-order valence-electron chi connectivity index (χ4n) is 4.45. The van der Waals surface area contributed by atoms with Crippen molar-refractivity contribution in [3.05, 3.63) is 47.1 Å². The number of nitrogens with one attached hydrogen (secondary N) is 1. The van der Waals surface area contributed by atoms with E-state index in [0.29, 0.717) is 6.42 Å². The summed E-state index contributed by atoms with van der Waals surface area (Å²) in [7, 11) is 0. The molecular weight excluding hydrogens is 382 g/mol. The normalized spacial score (nSPS) is 18.7. The monoisotopic (exact) mass is 407 g/mol. The molecule has 0 amide bonds. The lowest BCUT2D eigenvalue weighted by molar-refractivity contribution is 0.0918. The fraction of sp³-hybridized carbons (Fsp3) is 0.391. The fourth-order valence-corrected chi connectivity index (χ4v) is 5.78. The minimum atomic E-state index is -0.00957. The van der Waals surface area contributed by atoms with Crippen LogP contribution in [0, 0.1) is 5.41 Å². The highest BCUT2D eigenvalue weighted by Gasteiger charge is 2.37. The lowest BCUT2D eigenvalue weighted by atomic mass is 9.75. The first-order valence-corrected chi connectivity index (χ1v) is 10.9. The minimum absolute atomic E-state index is 0.00957. The summed E-state index contributed by atoms with van der Waals surface area (Å²) in [6.45, 7) is 7.60. The van der Waals surface area contributed by atoms with Crippen LogP contribution in [0.25, 0.3) is 22.3 Å². The number of Topliss-reactive ketones (excluding diaryl/α,β-unsaturated/α-hetero) is 1. The molecule has 1 saturated heterocycles. The Bertz CT molecular complexity index is 1050. The number of ether oxygens (including phenoxy) is 1. The Labute approximate surface area is 174 Å². The van der Waals surface area contributed by atoms with Gasteiger partial charge in [-0.05, 0) is 34.6 Å². The Morgan fingerprint density at radius 1 is 1.14 bits per heavy atom. The molecule has 1 N–H and O–H groups in total. The molecule has 0 unspecified atom stereocenters. The van der Waals surface area contributed by atoms with E-state index in [2.05, 4.69) is 53.2 Å². The number of benzene rings is 1. The summed E-state index contributed by atoms with van der Waals surface area (Å²) in [5, 5.41) is 8.21. The van der Waals surface area contributed by atoms with Crippen LogP contribution in [0.4, 0.5) is 5.00 Å². The summed E-state index contributed by atoms with van der Waals surface area (Å²) in [6, 6.07) is 8.60. The third kappa shape index (κ3) is 3.40. The second-order valence-corrected chi connectivity index (χ2v) is 9.70. The van der Waals surface area contributed by atoms with Crippen LogP contribution in [0.1, 0.15) is 35.5 Å². The molecular formula is C23H25N3O2S. The average molecular weight is 408 g/mol. The highest BCUT2D eigenvalue weighted by Crippen LogP contribution is 2.49. The van der Waals surface area contributed by atoms with Gasteiger partial charge in [0.25, 0.3) is 0 Å². The van der Waals surface area contributed by atoms with E-state index >= 15 is 0 Å². The maximum Gasteiger partial charge on any atom is 0.173 e. The number of nitrogens with zero attached hydrogens (tertiary/aromatic N) is 2. The number of fused-ring (bicyclic) bond motifs is 1. The number of aromatic amines is 1. The van der Waals surface area contributed by atoms with Gasteiger partial charge in [-0.3, -0.25) is 9.89 Å². The minimum Gasteiger partial charge on any atom is -0.378 e. The van der Waals surface area contributed by atoms with Crippen molar-refractivity contribution in [1.82, 2.24) is 10.2 Å². The molecule has 1 aliphatic carbocycles. The van der Waals surface area contributed by atoms with E-state index in [9.17, 15) is 4.79 Å². The van der Waals surface area contributed by atoms with Crippen LogP contribution in [-0.2, 0) is 11.2 Å². The number of ketones is 1. The molecule has 0 radical (unpaired) electrons. The number of carbonyl (C=O) groups excluding carboxylic acids is 1. The molecule has 0 atom stereocenters. The molecule has 1 aromatic carbocycles. The van der Waals surface area contributed by atoms with Gasteiger partial charge in [0.15, 0.2) is 5.78 Å². The Morgan fingerprint density at radius 2 is 1.93 bits per heavy atom. The van der Waals surface area contributed by atoms with E-state index in [4.69, 9.17) is 4.74 Å². The Balaban J connectivity index is 1.69. The van der Waals surface area contributed by atoms with E-state index in [1.165, 1.54) is 21.7 Å². The molecule has 5 rings (SSSR count). The summed E-state index contributed by atoms with van der Waals surface area (Å²) in [6.07, 6.45) is 5.31. The summed E-state index contributed by atoms with van der Waals surface area (Å²) >= 11 is 1.68. The van der Waals surface area contributed by atoms with E-state index in [1.807, 2.05) is 12.4 Å². The first kappa shape index (κ1) is 18.6. The topological polar surface area (TPSA) is 58.2 Å². The third-order valence-corrected chi connectivity index (χ3v) is 7.15. The molecule has 0 saturated carbocycles. The van der Waals surface area contributed by atoms with Gasteiger partial charge in [0.2, 0.25) is 0 Å². The number of carbonyl (C=O) groups is 1. The molecule has 0 spiro atoms. The van der Waals surface area contributed by atoms with Crippen molar-refractivity contribution in [2.75, 3.05) is 31.2 Å². The molecule has 29 heavy (non-hydrogen) atoms. The first-order valence-electron chi connectivity index (χ1n) is 10.1. The van der Waals surface area contributed by atoms with Crippen molar-refractivity contribution in [3.8, 4) is 22.3 Å². The quantitative estimate of drug-likeness (QED) is 0.678. The summed E-state index contributed by atoms with van der Waals surface area (Å²) < 4.78 is 5.58. The van der Waals surface area contributed by atoms with Gasteiger partial charge in [-0.25, -0.2) is 0 Å². The van der Waals surface area contributed by atoms with E-state index in [-0.39, 0.29) is 11.2 Å². The molecule has 150 valence electrons. The second kappa shape index (κ2) is 7.11. The van der Waals surface area contributed by atoms with Crippen LogP contribution in [-0.4, -0.2) is 42.3 Å². The predicted octanol–water partition coefficient (Wildman–Crippen LogP) is 4.80. The zero-order valence-electron chi connectivity index (χ0n) is 16.8. The molecule has 5 nitrogen and oxygen atoms in total. The van der Waals surface area contributed by atoms with Crippen molar-refractivity contribution in [3.63, 3.8) is 0 Å². The smallest absolute Gasteiger partial charge is 0.173 e. The van der Waals surface area contributed by atoms with Crippen LogP contribution in [0.15, 0.2) is 36.7 Å². The summed E-state index contributed by atoms with van der Waals surface area (Å²) in [4.78, 5) is 16.3. The van der Waals surface area contributed by atoms with E-state index < -0.39 is 0 Å². The van der Waals surface area contributed by atoms with Crippen molar-refractivity contribution in [2.24, 2.45) is 5.41 Å². The predicted molar refractivity (Wildman–Crippen MR) is 117 cm³/mol. The third-order valence-electron chi connectivity index (χ3n) is 5.82. The number of hydrogen-bond acceptors (Lipinski definition) is 5. The maximum atomic E-state index is 13.0. The Morgan fingerprint density at radius 3 is 2.69 bits per heavy atom. The van der Waals surface area contributed by atoms with Crippen molar-refractivity contribution in [1.29, 1.82) is 0 Å². The SMILES string of the molecule is CC1(C)CC(=O)c2sc(N3CCOCC3)c(-c3cccc(-c4cn[nH]c4)c3)c2C1. The number of anilines is 1. The Hall–Kier alpha value is -2.44. The molecule has 2 aromatic heterocycles. The van der Waals surface area contributed by atoms with Gasteiger partial charge in [-0.15, -0.1) is 11.3 Å². The maximum absolute atomic E-state index is 13.0. The van der Waals surface area contributed by atoms with E-state index in [1.54, 1.807) is 11.3 Å². The number of rotatable bonds is 3.